The Bertz CT molecular complexity index is 707. The molecule has 5 nitrogen and oxygen atoms in total. The highest BCUT2D eigenvalue weighted by Crippen LogP contribution is 2.18. The molecule has 0 radical (unpaired) electrons. The van der Waals surface area contributed by atoms with E-state index in [-0.39, 0.29) is 0 Å². The Labute approximate surface area is 105 Å². The summed E-state index contributed by atoms with van der Waals surface area (Å²) in [4.78, 5) is 4.43. The maximum atomic E-state index is 4.43. The van der Waals surface area contributed by atoms with Crippen LogP contribution in [0, 0.1) is 13.8 Å². The van der Waals surface area contributed by atoms with Crippen LogP contribution in [0.1, 0.15) is 16.8 Å². The lowest BCUT2D eigenvalue weighted by atomic mass is 10.1. The van der Waals surface area contributed by atoms with Crippen LogP contribution in [0.2, 0.25) is 0 Å². The van der Waals surface area contributed by atoms with Gasteiger partial charge in [0, 0.05) is 13.2 Å². The number of fused-ring (bicyclic) bond motifs is 1. The first-order valence-corrected chi connectivity index (χ1v) is 5.91. The van der Waals surface area contributed by atoms with Crippen molar-refractivity contribution in [3.63, 3.8) is 0 Å². The Morgan fingerprint density at radius 1 is 1.17 bits per heavy atom. The molecule has 3 rings (SSSR count). The second kappa shape index (κ2) is 3.94. The largest absolute Gasteiger partial charge is 0.324 e. The van der Waals surface area contributed by atoms with Crippen LogP contribution < -0.4 is 0 Å². The van der Waals surface area contributed by atoms with Gasteiger partial charge >= 0.3 is 0 Å². The Hall–Kier alpha value is -2.17. The molecule has 2 aromatic heterocycles. The number of imidazole rings is 1. The quantitative estimate of drug-likeness (QED) is 0.687. The van der Waals surface area contributed by atoms with E-state index in [0.717, 1.165) is 16.7 Å². The molecule has 0 fully saturated rings. The molecule has 0 saturated heterocycles. The molecule has 0 N–H and O–H groups in total. The number of rotatable bonds is 2. The highest BCUT2D eigenvalue weighted by atomic mass is 15.4. The minimum absolute atomic E-state index is 0.701. The normalized spacial score (nSPS) is 11.3. The van der Waals surface area contributed by atoms with Crippen LogP contribution in [0.15, 0.2) is 24.7 Å². The van der Waals surface area contributed by atoms with Crippen molar-refractivity contribution < 1.29 is 0 Å². The Morgan fingerprint density at radius 3 is 2.67 bits per heavy atom. The Kier molecular flexibility index (Phi) is 2.40. The first-order chi connectivity index (χ1) is 8.63. The van der Waals surface area contributed by atoms with Gasteiger partial charge in [0.25, 0.3) is 0 Å². The van der Waals surface area contributed by atoms with Gasteiger partial charge in [-0.1, -0.05) is 5.21 Å². The van der Waals surface area contributed by atoms with Crippen molar-refractivity contribution in [2.75, 3.05) is 0 Å². The molecule has 5 heteroatoms. The van der Waals surface area contributed by atoms with Crippen LogP contribution in [-0.4, -0.2) is 24.5 Å². The summed E-state index contributed by atoms with van der Waals surface area (Å²) >= 11 is 0. The monoisotopic (exact) mass is 241 g/mol. The molecule has 0 spiro atoms. The second-order valence-corrected chi connectivity index (χ2v) is 4.68. The van der Waals surface area contributed by atoms with E-state index in [0.29, 0.717) is 6.54 Å². The summed E-state index contributed by atoms with van der Waals surface area (Å²) in [6, 6.07) is 4.30. The number of aromatic nitrogens is 5. The van der Waals surface area contributed by atoms with Gasteiger partial charge in [-0.3, -0.25) is 4.68 Å². The molecule has 0 amide bonds. The van der Waals surface area contributed by atoms with Crippen LogP contribution in [0.3, 0.4) is 0 Å². The zero-order valence-corrected chi connectivity index (χ0v) is 10.8. The zero-order valence-electron chi connectivity index (χ0n) is 10.8. The Balaban J connectivity index is 2.04. The summed E-state index contributed by atoms with van der Waals surface area (Å²) in [5.41, 5.74) is 5.66. The summed E-state index contributed by atoms with van der Waals surface area (Å²) in [5.74, 6) is 0. The molecule has 0 aliphatic rings. The molecule has 92 valence electrons. The first kappa shape index (κ1) is 11.0. The van der Waals surface area contributed by atoms with Crippen molar-refractivity contribution in [1.29, 1.82) is 0 Å². The summed E-state index contributed by atoms with van der Waals surface area (Å²) in [7, 11) is 1.87. The number of aryl methyl sites for hydroxylation is 3. The number of hydrogen-bond acceptors (Lipinski definition) is 3. The lowest BCUT2D eigenvalue weighted by Crippen LogP contribution is -1.98. The zero-order chi connectivity index (χ0) is 12.7. The molecule has 2 heterocycles. The van der Waals surface area contributed by atoms with E-state index < -0.39 is 0 Å². The van der Waals surface area contributed by atoms with Gasteiger partial charge in [-0.05, 0) is 37.1 Å². The van der Waals surface area contributed by atoms with E-state index in [4.69, 9.17) is 0 Å². The average Bonchev–Trinajstić information content (AvgIpc) is 2.89. The molecule has 0 aliphatic carbocycles. The van der Waals surface area contributed by atoms with Crippen molar-refractivity contribution in [2.24, 2.45) is 7.05 Å². The number of nitrogens with zero attached hydrogens (tertiary/aromatic N) is 5. The standard InChI is InChI=1S/C13H15N5/c1-9-4-12-13(5-10(9)2)18(8-14-12)7-11-6-17(3)16-15-11/h4-6,8H,7H2,1-3H3. The molecular weight excluding hydrogens is 226 g/mol. The van der Waals surface area contributed by atoms with Gasteiger partial charge in [0.05, 0.1) is 23.9 Å². The van der Waals surface area contributed by atoms with E-state index >= 15 is 0 Å². The summed E-state index contributed by atoms with van der Waals surface area (Å²) in [6.07, 6.45) is 3.78. The van der Waals surface area contributed by atoms with Crippen LogP contribution >= 0.6 is 0 Å². The molecule has 1 aromatic carbocycles. The SMILES string of the molecule is Cc1cc2ncn(Cc3cn(C)nn3)c2cc1C. The van der Waals surface area contributed by atoms with Gasteiger partial charge < -0.3 is 4.57 Å². The van der Waals surface area contributed by atoms with Crippen molar-refractivity contribution in [1.82, 2.24) is 24.5 Å². The predicted molar refractivity (Wildman–Crippen MR) is 69.3 cm³/mol. The van der Waals surface area contributed by atoms with E-state index in [9.17, 15) is 0 Å². The number of hydrogen-bond donors (Lipinski definition) is 0. The maximum absolute atomic E-state index is 4.43. The fourth-order valence-electron chi connectivity index (χ4n) is 2.08. The van der Waals surface area contributed by atoms with E-state index in [1.165, 1.54) is 11.1 Å². The fourth-order valence-corrected chi connectivity index (χ4v) is 2.08. The molecule has 0 unspecified atom stereocenters. The minimum Gasteiger partial charge on any atom is -0.324 e. The van der Waals surface area contributed by atoms with E-state index in [1.807, 2.05) is 19.6 Å². The van der Waals surface area contributed by atoms with Gasteiger partial charge in [0.2, 0.25) is 0 Å². The van der Waals surface area contributed by atoms with Crippen molar-refractivity contribution in [2.45, 2.75) is 20.4 Å². The third-order valence-corrected chi connectivity index (χ3v) is 3.22. The van der Waals surface area contributed by atoms with Crippen molar-refractivity contribution in [3.05, 3.63) is 41.5 Å². The summed E-state index contributed by atoms with van der Waals surface area (Å²) in [5, 5.41) is 8.04. The summed E-state index contributed by atoms with van der Waals surface area (Å²) < 4.78 is 3.82. The smallest absolute Gasteiger partial charge is 0.102 e. The average molecular weight is 241 g/mol. The number of benzene rings is 1. The molecule has 18 heavy (non-hydrogen) atoms. The lowest BCUT2D eigenvalue weighted by Gasteiger charge is -2.03. The predicted octanol–water partition coefficient (Wildman–Crippen LogP) is 1.83. The lowest BCUT2D eigenvalue weighted by molar-refractivity contribution is 0.710. The Morgan fingerprint density at radius 2 is 1.94 bits per heavy atom. The van der Waals surface area contributed by atoms with Crippen molar-refractivity contribution >= 4 is 11.0 Å². The highest BCUT2D eigenvalue weighted by molar-refractivity contribution is 5.77. The molecule has 0 atom stereocenters. The van der Waals surface area contributed by atoms with Gasteiger partial charge in [-0.2, -0.15) is 0 Å². The third kappa shape index (κ3) is 1.77. The van der Waals surface area contributed by atoms with E-state index in [2.05, 4.69) is 45.8 Å². The fraction of sp³-hybridized carbons (Fsp3) is 0.308. The molecular formula is C13H15N5. The van der Waals surface area contributed by atoms with Gasteiger partial charge in [0.1, 0.15) is 5.69 Å². The van der Waals surface area contributed by atoms with Crippen LogP contribution in [0.25, 0.3) is 11.0 Å². The van der Waals surface area contributed by atoms with Crippen LogP contribution in [-0.2, 0) is 13.6 Å². The van der Waals surface area contributed by atoms with Gasteiger partial charge in [-0.25, -0.2) is 4.98 Å². The molecule has 0 bridgehead atoms. The molecule has 0 aliphatic heterocycles. The minimum atomic E-state index is 0.701. The third-order valence-electron chi connectivity index (χ3n) is 3.22. The maximum Gasteiger partial charge on any atom is 0.102 e. The molecule has 3 aromatic rings. The van der Waals surface area contributed by atoms with Gasteiger partial charge in [0.15, 0.2) is 0 Å². The van der Waals surface area contributed by atoms with Gasteiger partial charge in [-0.15, -0.1) is 5.10 Å². The second-order valence-electron chi connectivity index (χ2n) is 4.68. The topological polar surface area (TPSA) is 48.5 Å². The van der Waals surface area contributed by atoms with Crippen molar-refractivity contribution in [3.8, 4) is 0 Å². The van der Waals surface area contributed by atoms with E-state index in [1.54, 1.807) is 4.68 Å². The first-order valence-electron chi connectivity index (χ1n) is 5.91. The van der Waals surface area contributed by atoms with Crippen LogP contribution in [0.4, 0.5) is 0 Å². The van der Waals surface area contributed by atoms with Crippen LogP contribution in [0.5, 0.6) is 0 Å². The molecule has 0 saturated carbocycles. The summed E-state index contributed by atoms with van der Waals surface area (Å²) in [6.45, 7) is 4.93. The highest BCUT2D eigenvalue weighted by Gasteiger charge is 2.07.